The fourth-order valence-electron chi connectivity index (χ4n) is 0.873. The van der Waals surface area contributed by atoms with E-state index in [1.165, 1.54) is 6.26 Å². The van der Waals surface area contributed by atoms with Gasteiger partial charge in [-0.1, -0.05) is 5.16 Å². The van der Waals surface area contributed by atoms with Gasteiger partial charge in [0.2, 0.25) is 0 Å². The van der Waals surface area contributed by atoms with Crippen molar-refractivity contribution in [3.05, 3.63) is 0 Å². The highest BCUT2D eigenvalue weighted by Gasteiger charge is 2.01. The maximum atomic E-state index is 10.8. The van der Waals surface area contributed by atoms with E-state index in [1.54, 1.807) is 11.8 Å². The summed E-state index contributed by atoms with van der Waals surface area (Å²) in [6.07, 6.45) is 3.64. The van der Waals surface area contributed by atoms with E-state index in [0.717, 1.165) is 18.6 Å². The van der Waals surface area contributed by atoms with E-state index in [2.05, 4.69) is 5.16 Å². The highest BCUT2D eigenvalue weighted by molar-refractivity contribution is 8.00. The van der Waals surface area contributed by atoms with Crippen LogP contribution in [0.5, 0.6) is 0 Å². The van der Waals surface area contributed by atoms with Crippen LogP contribution in [-0.2, 0) is 9.84 Å². The number of hydrogen-bond acceptors (Lipinski definition) is 5. The molecule has 0 amide bonds. The van der Waals surface area contributed by atoms with Gasteiger partial charge in [-0.25, -0.2) is 8.42 Å². The van der Waals surface area contributed by atoms with Crippen molar-refractivity contribution in [2.45, 2.75) is 19.3 Å². The molecule has 0 aromatic carbocycles. The first-order chi connectivity index (χ1) is 6.95. The first-order valence-electron chi connectivity index (χ1n) is 4.67. The van der Waals surface area contributed by atoms with E-state index in [-0.39, 0.29) is 11.6 Å². The zero-order chi connectivity index (χ0) is 11.7. The second-order valence-corrected chi connectivity index (χ2v) is 6.78. The number of rotatable bonds is 8. The lowest BCUT2D eigenvalue weighted by Gasteiger charge is -2.00. The summed E-state index contributed by atoms with van der Waals surface area (Å²) in [5.41, 5.74) is 5.28. The van der Waals surface area contributed by atoms with Gasteiger partial charge in [0, 0.05) is 18.4 Å². The fraction of sp³-hybridized carbons (Fsp3) is 0.875. The Labute approximate surface area is 95.0 Å². The quantitative estimate of drug-likeness (QED) is 0.218. The van der Waals surface area contributed by atoms with Crippen LogP contribution in [0, 0.1) is 0 Å². The van der Waals surface area contributed by atoms with Crippen LogP contribution >= 0.6 is 11.8 Å². The lowest BCUT2D eigenvalue weighted by Crippen LogP contribution is -2.11. The predicted molar refractivity (Wildman–Crippen MR) is 64.3 cm³/mol. The molecule has 15 heavy (non-hydrogen) atoms. The second kappa shape index (κ2) is 7.81. The molecule has 0 radical (unpaired) electrons. The number of sulfone groups is 1. The smallest absolute Gasteiger partial charge is 0.148 e. The molecule has 7 heteroatoms. The average Bonchev–Trinajstić information content (AvgIpc) is 2.14. The Morgan fingerprint density at radius 1 is 1.40 bits per heavy atom. The Morgan fingerprint density at radius 2 is 2.07 bits per heavy atom. The Balaban J connectivity index is 3.26. The number of unbranched alkanes of at least 4 members (excludes halogenated alkanes) is 1. The summed E-state index contributed by atoms with van der Waals surface area (Å²) >= 11 is 1.62. The molecule has 0 rings (SSSR count). The number of nitrogens with zero attached hydrogens (tertiary/aromatic N) is 1. The van der Waals surface area contributed by atoms with Gasteiger partial charge in [-0.2, -0.15) is 11.8 Å². The molecule has 0 unspecified atom stereocenters. The number of hydrogen-bond donors (Lipinski definition) is 2. The number of amidine groups is 1. The van der Waals surface area contributed by atoms with Gasteiger partial charge in [0.1, 0.15) is 15.7 Å². The van der Waals surface area contributed by atoms with Crippen LogP contribution in [0.4, 0.5) is 0 Å². The maximum Gasteiger partial charge on any atom is 0.148 e. The summed E-state index contributed by atoms with van der Waals surface area (Å²) < 4.78 is 21.5. The average molecular weight is 254 g/mol. The van der Waals surface area contributed by atoms with Gasteiger partial charge in [0.25, 0.3) is 0 Å². The molecule has 0 bridgehead atoms. The molecule has 90 valence electrons. The summed E-state index contributed by atoms with van der Waals surface area (Å²) in [5, 5.41) is 11.1. The summed E-state index contributed by atoms with van der Waals surface area (Å²) in [6, 6.07) is 0. The maximum absolute atomic E-state index is 10.8. The number of thioether (sulfide) groups is 1. The normalized spacial score (nSPS) is 13.0. The minimum Gasteiger partial charge on any atom is -0.409 e. The second-order valence-electron chi connectivity index (χ2n) is 3.29. The highest BCUT2D eigenvalue weighted by Crippen LogP contribution is 2.06. The Bertz CT molecular complexity index is 288. The van der Waals surface area contributed by atoms with Crippen LogP contribution < -0.4 is 5.73 Å². The van der Waals surface area contributed by atoms with Crippen LogP contribution in [0.3, 0.4) is 0 Å². The van der Waals surface area contributed by atoms with Crippen molar-refractivity contribution in [3.63, 3.8) is 0 Å². The van der Waals surface area contributed by atoms with Crippen LogP contribution in [0.15, 0.2) is 5.16 Å². The molecular weight excluding hydrogens is 236 g/mol. The van der Waals surface area contributed by atoms with Crippen LogP contribution in [0.2, 0.25) is 0 Å². The summed E-state index contributed by atoms with van der Waals surface area (Å²) in [5.74, 6) is 2.03. The van der Waals surface area contributed by atoms with E-state index in [9.17, 15) is 8.42 Å². The molecule has 5 nitrogen and oxygen atoms in total. The third-order valence-electron chi connectivity index (χ3n) is 1.70. The van der Waals surface area contributed by atoms with Crippen LogP contribution in [-0.4, -0.2) is 43.0 Å². The van der Waals surface area contributed by atoms with Gasteiger partial charge in [-0.3, -0.25) is 0 Å². The van der Waals surface area contributed by atoms with Crippen molar-refractivity contribution in [2.24, 2.45) is 10.9 Å². The lowest BCUT2D eigenvalue weighted by atomic mass is 10.2. The minimum absolute atomic E-state index is 0.234. The van der Waals surface area contributed by atoms with E-state index in [0.29, 0.717) is 12.2 Å². The first kappa shape index (κ1) is 14.6. The minimum atomic E-state index is -2.83. The van der Waals surface area contributed by atoms with E-state index >= 15 is 0 Å². The van der Waals surface area contributed by atoms with Gasteiger partial charge < -0.3 is 10.9 Å². The highest BCUT2D eigenvalue weighted by atomic mass is 32.2. The summed E-state index contributed by atoms with van der Waals surface area (Å²) in [4.78, 5) is 0. The molecule has 0 atom stereocenters. The lowest BCUT2D eigenvalue weighted by molar-refractivity contribution is 0.316. The van der Waals surface area contributed by atoms with Crippen molar-refractivity contribution < 1.29 is 13.6 Å². The van der Waals surface area contributed by atoms with Crippen molar-refractivity contribution in [1.29, 1.82) is 0 Å². The van der Waals surface area contributed by atoms with Gasteiger partial charge in [-0.05, 0) is 18.6 Å². The van der Waals surface area contributed by atoms with Gasteiger partial charge in [0.05, 0.1) is 5.75 Å². The fourth-order valence-corrected chi connectivity index (χ4v) is 3.17. The van der Waals surface area contributed by atoms with E-state index in [1.807, 2.05) is 0 Å². The standard InChI is InChI=1S/C8H18N2O3S2/c1-15(12,13)7-6-14-5-3-2-4-8(9)10-11/h11H,2-7H2,1H3,(H2,9,10). The van der Waals surface area contributed by atoms with Crippen LogP contribution in [0.25, 0.3) is 0 Å². The van der Waals surface area contributed by atoms with Gasteiger partial charge in [-0.15, -0.1) is 0 Å². The summed E-state index contributed by atoms with van der Waals surface area (Å²) in [7, 11) is -2.83. The predicted octanol–water partition coefficient (Wildman–Crippen LogP) is 0.681. The van der Waals surface area contributed by atoms with Crippen molar-refractivity contribution in [2.75, 3.05) is 23.5 Å². The Hall–Kier alpha value is -0.430. The third-order valence-corrected chi connectivity index (χ3v) is 3.97. The zero-order valence-corrected chi connectivity index (χ0v) is 10.5. The van der Waals surface area contributed by atoms with Gasteiger partial charge in [0.15, 0.2) is 0 Å². The monoisotopic (exact) mass is 254 g/mol. The zero-order valence-electron chi connectivity index (χ0n) is 8.85. The Morgan fingerprint density at radius 3 is 2.60 bits per heavy atom. The molecule has 0 saturated carbocycles. The molecular formula is C8H18N2O3S2. The molecule has 3 N–H and O–H groups in total. The molecule has 0 aliphatic carbocycles. The molecule has 0 aromatic rings. The Kier molecular flexibility index (Phi) is 7.59. The van der Waals surface area contributed by atoms with Gasteiger partial charge >= 0.3 is 0 Å². The molecule has 0 aliphatic heterocycles. The van der Waals surface area contributed by atoms with E-state index in [4.69, 9.17) is 10.9 Å². The molecule has 0 aliphatic rings. The van der Waals surface area contributed by atoms with Crippen molar-refractivity contribution >= 4 is 27.4 Å². The number of nitrogens with two attached hydrogens (primary N) is 1. The molecule has 0 heterocycles. The molecule has 0 spiro atoms. The van der Waals surface area contributed by atoms with E-state index < -0.39 is 9.84 Å². The summed E-state index contributed by atoms with van der Waals surface area (Å²) in [6.45, 7) is 0. The first-order valence-corrected chi connectivity index (χ1v) is 7.89. The number of oxime groups is 1. The molecule has 0 fully saturated rings. The third kappa shape index (κ3) is 11.5. The van der Waals surface area contributed by atoms with Crippen LogP contribution in [0.1, 0.15) is 19.3 Å². The molecule has 0 saturated heterocycles. The van der Waals surface area contributed by atoms with Crippen molar-refractivity contribution in [1.82, 2.24) is 0 Å². The topological polar surface area (TPSA) is 92.8 Å². The van der Waals surface area contributed by atoms with Crippen molar-refractivity contribution in [3.8, 4) is 0 Å². The molecule has 0 aromatic heterocycles. The SMILES string of the molecule is CS(=O)(=O)CCSCCCCC(N)=NO. The largest absolute Gasteiger partial charge is 0.409 e.